The van der Waals surface area contributed by atoms with Crippen molar-refractivity contribution in [2.45, 2.75) is 26.3 Å². The Morgan fingerprint density at radius 1 is 1.04 bits per heavy atom. The van der Waals surface area contributed by atoms with Crippen LogP contribution < -0.4 is 5.32 Å². The Kier molecular flexibility index (Phi) is 4.72. The van der Waals surface area contributed by atoms with Crippen molar-refractivity contribution in [1.29, 1.82) is 0 Å². The summed E-state index contributed by atoms with van der Waals surface area (Å²) in [6.45, 7) is 4.38. The maximum atomic E-state index is 4.81. The molecule has 0 aliphatic heterocycles. The molecule has 9 nitrogen and oxygen atoms in total. The van der Waals surface area contributed by atoms with E-state index in [0.29, 0.717) is 11.7 Å². The van der Waals surface area contributed by atoms with Crippen molar-refractivity contribution in [3.8, 4) is 11.4 Å². The molecule has 4 aromatic heterocycles. The molecule has 144 valence electrons. The van der Waals surface area contributed by atoms with Gasteiger partial charge in [-0.25, -0.2) is 15.0 Å². The minimum atomic E-state index is -0.0314. The van der Waals surface area contributed by atoms with E-state index in [2.05, 4.69) is 39.3 Å². The van der Waals surface area contributed by atoms with Gasteiger partial charge >= 0.3 is 0 Å². The van der Waals surface area contributed by atoms with Gasteiger partial charge in [-0.05, 0) is 24.5 Å². The van der Waals surface area contributed by atoms with Gasteiger partial charge in [-0.2, -0.15) is 10.2 Å². The second-order valence-electron chi connectivity index (χ2n) is 7.21. The number of pyridine rings is 1. The standard InChI is InChI=1S/C19H23N9/c1-12(2)9-15(19-21-11-23-28(19)4)24-17-14-10-22-27(3)18(14)26-16(25-17)13-5-7-20-8-6-13/h5-8,10-12,15H,9H2,1-4H3,(H,24,25,26). The van der Waals surface area contributed by atoms with Crippen LogP contribution in [0.3, 0.4) is 0 Å². The SMILES string of the molecule is CC(C)CC(Nc1nc(-c2ccncc2)nc2c1cnn2C)c1ncnn1C. The lowest BCUT2D eigenvalue weighted by atomic mass is 10.0. The Morgan fingerprint density at radius 3 is 2.50 bits per heavy atom. The van der Waals surface area contributed by atoms with E-state index in [1.54, 1.807) is 34.3 Å². The number of nitrogens with one attached hydrogen (secondary N) is 1. The highest BCUT2D eigenvalue weighted by molar-refractivity contribution is 5.88. The van der Waals surface area contributed by atoms with Gasteiger partial charge in [0.15, 0.2) is 11.5 Å². The van der Waals surface area contributed by atoms with Crippen LogP contribution in [-0.4, -0.2) is 39.5 Å². The molecule has 0 amide bonds. The van der Waals surface area contributed by atoms with Crippen molar-refractivity contribution in [3.05, 3.63) is 42.9 Å². The number of rotatable bonds is 6. The molecule has 0 aliphatic rings. The molecule has 28 heavy (non-hydrogen) atoms. The third-order valence-corrected chi connectivity index (χ3v) is 4.61. The molecule has 0 saturated carbocycles. The van der Waals surface area contributed by atoms with Gasteiger partial charge in [-0.3, -0.25) is 14.3 Å². The first-order chi connectivity index (χ1) is 13.5. The fraction of sp³-hybridized carbons (Fsp3) is 0.368. The molecule has 0 radical (unpaired) electrons. The molecule has 0 saturated heterocycles. The normalized spacial score (nSPS) is 12.6. The summed E-state index contributed by atoms with van der Waals surface area (Å²) in [7, 11) is 3.78. The minimum absolute atomic E-state index is 0.0314. The van der Waals surface area contributed by atoms with Crippen LogP contribution in [0, 0.1) is 5.92 Å². The summed E-state index contributed by atoms with van der Waals surface area (Å²) in [5, 5.41) is 13.0. The first-order valence-electron chi connectivity index (χ1n) is 9.23. The molecule has 0 fully saturated rings. The molecule has 0 aliphatic carbocycles. The van der Waals surface area contributed by atoms with Gasteiger partial charge in [0.2, 0.25) is 0 Å². The van der Waals surface area contributed by atoms with E-state index in [0.717, 1.165) is 34.7 Å². The molecule has 1 N–H and O–H groups in total. The lowest BCUT2D eigenvalue weighted by Gasteiger charge is -2.21. The molecule has 4 heterocycles. The van der Waals surface area contributed by atoms with Crippen molar-refractivity contribution < 1.29 is 0 Å². The number of aryl methyl sites for hydroxylation is 2. The topological polar surface area (TPSA) is 99.2 Å². The largest absolute Gasteiger partial charge is 0.359 e. The summed E-state index contributed by atoms with van der Waals surface area (Å²) in [5.74, 6) is 2.70. The van der Waals surface area contributed by atoms with E-state index in [-0.39, 0.29) is 6.04 Å². The Bertz CT molecular complexity index is 1080. The lowest BCUT2D eigenvalue weighted by molar-refractivity contribution is 0.498. The number of hydrogen-bond acceptors (Lipinski definition) is 7. The highest BCUT2D eigenvalue weighted by Gasteiger charge is 2.21. The third-order valence-electron chi connectivity index (χ3n) is 4.61. The van der Waals surface area contributed by atoms with Gasteiger partial charge in [0.1, 0.15) is 18.0 Å². The van der Waals surface area contributed by atoms with Crippen LogP contribution in [0.15, 0.2) is 37.1 Å². The molecule has 1 atom stereocenters. The maximum Gasteiger partial charge on any atom is 0.164 e. The fourth-order valence-electron chi connectivity index (χ4n) is 3.25. The molecule has 9 heteroatoms. The number of anilines is 1. The van der Waals surface area contributed by atoms with Crippen LogP contribution in [0.4, 0.5) is 5.82 Å². The summed E-state index contributed by atoms with van der Waals surface area (Å²) in [4.78, 5) is 18.0. The Labute approximate surface area is 162 Å². The quantitative estimate of drug-likeness (QED) is 0.551. The predicted molar refractivity (Wildman–Crippen MR) is 106 cm³/mol. The number of nitrogens with zero attached hydrogens (tertiary/aromatic N) is 8. The van der Waals surface area contributed by atoms with Crippen LogP contribution in [0.5, 0.6) is 0 Å². The van der Waals surface area contributed by atoms with E-state index in [1.807, 2.05) is 26.2 Å². The van der Waals surface area contributed by atoms with E-state index >= 15 is 0 Å². The first kappa shape index (κ1) is 18.0. The van der Waals surface area contributed by atoms with E-state index < -0.39 is 0 Å². The monoisotopic (exact) mass is 377 g/mol. The van der Waals surface area contributed by atoms with Crippen LogP contribution in [0.2, 0.25) is 0 Å². The zero-order valence-electron chi connectivity index (χ0n) is 16.4. The molecular formula is C19H23N9. The molecule has 0 spiro atoms. The summed E-state index contributed by atoms with van der Waals surface area (Å²) < 4.78 is 3.55. The summed E-state index contributed by atoms with van der Waals surface area (Å²) in [5.41, 5.74) is 1.67. The van der Waals surface area contributed by atoms with Gasteiger partial charge in [0.25, 0.3) is 0 Å². The summed E-state index contributed by atoms with van der Waals surface area (Å²) >= 11 is 0. The average Bonchev–Trinajstić information content (AvgIpc) is 3.27. The van der Waals surface area contributed by atoms with Crippen LogP contribution in [0.1, 0.15) is 32.1 Å². The van der Waals surface area contributed by atoms with Crippen molar-refractivity contribution >= 4 is 16.9 Å². The van der Waals surface area contributed by atoms with Crippen molar-refractivity contribution in [2.24, 2.45) is 20.0 Å². The van der Waals surface area contributed by atoms with E-state index in [4.69, 9.17) is 9.97 Å². The second kappa shape index (κ2) is 7.34. The first-order valence-corrected chi connectivity index (χ1v) is 9.23. The highest BCUT2D eigenvalue weighted by Crippen LogP contribution is 2.29. The van der Waals surface area contributed by atoms with E-state index in [9.17, 15) is 0 Å². The van der Waals surface area contributed by atoms with Crippen molar-refractivity contribution in [2.75, 3.05) is 5.32 Å². The molecular weight excluding hydrogens is 354 g/mol. The van der Waals surface area contributed by atoms with Crippen LogP contribution in [0.25, 0.3) is 22.4 Å². The summed E-state index contributed by atoms with van der Waals surface area (Å²) in [6.07, 6.45) is 7.73. The average molecular weight is 377 g/mol. The molecule has 4 aromatic rings. The summed E-state index contributed by atoms with van der Waals surface area (Å²) in [6, 6.07) is 3.77. The highest BCUT2D eigenvalue weighted by atomic mass is 15.3. The van der Waals surface area contributed by atoms with Crippen molar-refractivity contribution in [3.63, 3.8) is 0 Å². The number of fused-ring (bicyclic) bond motifs is 1. The zero-order chi connectivity index (χ0) is 19.7. The predicted octanol–water partition coefficient (Wildman–Crippen LogP) is 2.75. The zero-order valence-corrected chi connectivity index (χ0v) is 16.4. The second-order valence-corrected chi connectivity index (χ2v) is 7.21. The van der Waals surface area contributed by atoms with Gasteiger partial charge in [0, 0.05) is 32.1 Å². The maximum absolute atomic E-state index is 4.81. The van der Waals surface area contributed by atoms with Crippen molar-refractivity contribution in [1.82, 2.24) is 39.5 Å². The van der Waals surface area contributed by atoms with E-state index in [1.165, 1.54) is 0 Å². The Balaban J connectivity index is 1.81. The number of aromatic nitrogens is 8. The molecule has 4 rings (SSSR count). The van der Waals surface area contributed by atoms with Crippen LogP contribution in [-0.2, 0) is 14.1 Å². The molecule has 1 unspecified atom stereocenters. The van der Waals surface area contributed by atoms with Gasteiger partial charge in [0.05, 0.1) is 17.6 Å². The Morgan fingerprint density at radius 2 is 1.82 bits per heavy atom. The van der Waals surface area contributed by atoms with Gasteiger partial charge in [-0.1, -0.05) is 13.8 Å². The minimum Gasteiger partial charge on any atom is -0.359 e. The fourth-order valence-corrected chi connectivity index (χ4v) is 3.25. The molecule has 0 bridgehead atoms. The number of hydrogen-bond donors (Lipinski definition) is 1. The smallest absolute Gasteiger partial charge is 0.164 e. The van der Waals surface area contributed by atoms with Crippen LogP contribution >= 0.6 is 0 Å². The third kappa shape index (κ3) is 3.42. The molecule has 0 aromatic carbocycles. The Hall–Kier alpha value is -3.36. The van der Waals surface area contributed by atoms with Gasteiger partial charge in [-0.15, -0.1) is 0 Å². The lowest BCUT2D eigenvalue weighted by Crippen LogP contribution is -2.19. The van der Waals surface area contributed by atoms with Gasteiger partial charge < -0.3 is 5.32 Å².